The zero-order valence-corrected chi connectivity index (χ0v) is 21.3. The molecule has 1 aromatic carbocycles. The smallest absolute Gasteiger partial charge is 0.239 e. The van der Waals surface area contributed by atoms with Crippen molar-refractivity contribution in [3.8, 4) is 0 Å². The highest BCUT2D eigenvalue weighted by molar-refractivity contribution is 14.0. The van der Waals surface area contributed by atoms with Crippen LogP contribution in [0.25, 0.3) is 0 Å². The van der Waals surface area contributed by atoms with Crippen molar-refractivity contribution in [2.75, 3.05) is 59.0 Å². The molecule has 31 heavy (non-hydrogen) atoms. The van der Waals surface area contributed by atoms with Crippen molar-refractivity contribution in [3.05, 3.63) is 35.9 Å². The molecule has 1 atom stereocenters. The minimum absolute atomic E-state index is 0. The summed E-state index contributed by atoms with van der Waals surface area (Å²) in [6, 6.07) is 10.2. The molecule has 2 aliphatic heterocycles. The van der Waals surface area contributed by atoms with Crippen molar-refractivity contribution in [3.63, 3.8) is 0 Å². The number of rotatable bonds is 8. The van der Waals surface area contributed by atoms with E-state index in [1.807, 2.05) is 23.1 Å². The maximum atomic E-state index is 12.7. The molecular weight excluding hydrogens is 505 g/mol. The van der Waals surface area contributed by atoms with Gasteiger partial charge in [-0.15, -0.1) is 24.0 Å². The molecule has 1 unspecified atom stereocenters. The highest BCUT2D eigenvalue weighted by Gasteiger charge is 2.30. The van der Waals surface area contributed by atoms with E-state index in [9.17, 15) is 4.79 Å². The molecule has 8 heteroatoms. The number of nitrogens with one attached hydrogen (secondary N) is 1. The summed E-state index contributed by atoms with van der Waals surface area (Å²) in [4.78, 5) is 24.1. The van der Waals surface area contributed by atoms with E-state index < -0.39 is 0 Å². The third kappa shape index (κ3) is 7.91. The van der Waals surface area contributed by atoms with Gasteiger partial charge in [-0.3, -0.25) is 14.7 Å². The molecule has 0 aliphatic carbocycles. The summed E-state index contributed by atoms with van der Waals surface area (Å²) in [5.74, 6) is 1.23. The summed E-state index contributed by atoms with van der Waals surface area (Å²) in [5.41, 5.74) is 1.18. The summed E-state index contributed by atoms with van der Waals surface area (Å²) in [6.07, 6.45) is 2.29. The van der Waals surface area contributed by atoms with Gasteiger partial charge in [-0.2, -0.15) is 0 Å². The van der Waals surface area contributed by atoms with Crippen LogP contribution in [-0.4, -0.2) is 91.6 Å². The number of amides is 1. The minimum atomic E-state index is -0.0313. The molecule has 0 aromatic heterocycles. The van der Waals surface area contributed by atoms with Crippen LogP contribution in [0.4, 0.5) is 0 Å². The van der Waals surface area contributed by atoms with E-state index in [2.05, 4.69) is 41.1 Å². The Balaban J connectivity index is 0.00000341. The molecule has 1 aromatic rings. The van der Waals surface area contributed by atoms with E-state index in [0.717, 1.165) is 64.6 Å². The van der Waals surface area contributed by atoms with Gasteiger partial charge in [0.1, 0.15) is 0 Å². The van der Waals surface area contributed by atoms with Gasteiger partial charge < -0.3 is 19.9 Å². The Morgan fingerprint density at radius 2 is 1.74 bits per heavy atom. The van der Waals surface area contributed by atoms with Crippen LogP contribution in [0.2, 0.25) is 0 Å². The largest absolute Gasteiger partial charge is 0.375 e. The van der Waals surface area contributed by atoms with Crippen LogP contribution < -0.4 is 5.32 Å². The van der Waals surface area contributed by atoms with Crippen LogP contribution in [0, 0.1) is 0 Å². The van der Waals surface area contributed by atoms with Gasteiger partial charge in [-0.25, -0.2) is 0 Å². The quantitative estimate of drug-likeness (QED) is 0.236. The molecule has 1 amide bonds. The molecule has 0 bridgehead atoms. The maximum Gasteiger partial charge on any atom is 0.239 e. The van der Waals surface area contributed by atoms with E-state index in [1.165, 1.54) is 5.56 Å². The molecule has 0 radical (unpaired) electrons. The lowest BCUT2D eigenvalue weighted by atomic mass is 10.2. The molecule has 174 valence electrons. The topological polar surface area (TPSA) is 60.4 Å². The van der Waals surface area contributed by atoms with E-state index >= 15 is 0 Å². The average molecular weight is 543 g/mol. The number of nitrogens with zero attached hydrogens (tertiary/aromatic N) is 4. The average Bonchev–Trinajstić information content (AvgIpc) is 3.33. The van der Waals surface area contributed by atoms with E-state index in [-0.39, 0.29) is 35.9 Å². The van der Waals surface area contributed by atoms with E-state index in [0.29, 0.717) is 19.8 Å². The van der Waals surface area contributed by atoms with Crippen LogP contribution in [0.3, 0.4) is 0 Å². The van der Waals surface area contributed by atoms with Crippen LogP contribution in [0.15, 0.2) is 35.3 Å². The maximum absolute atomic E-state index is 12.7. The van der Waals surface area contributed by atoms with Crippen molar-refractivity contribution >= 4 is 35.8 Å². The highest BCUT2D eigenvalue weighted by Crippen LogP contribution is 2.14. The Morgan fingerprint density at radius 1 is 1.06 bits per heavy atom. The lowest BCUT2D eigenvalue weighted by molar-refractivity contribution is -0.135. The zero-order valence-electron chi connectivity index (χ0n) is 19.0. The first-order valence-electron chi connectivity index (χ1n) is 11.4. The van der Waals surface area contributed by atoms with Crippen LogP contribution in [0.5, 0.6) is 0 Å². The van der Waals surface area contributed by atoms with Crippen molar-refractivity contribution in [1.82, 2.24) is 20.0 Å². The lowest BCUT2D eigenvalue weighted by Crippen LogP contribution is -2.57. The number of piperazine rings is 1. The van der Waals surface area contributed by atoms with Gasteiger partial charge in [0, 0.05) is 45.8 Å². The monoisotopic (exact) mass is 543 g/mol. The van der Waals surface area contributed by atoms with E-state index in [1.54, 1.807) is 0 Å². The second-order valence-corrected chi connectivity index (χ2v) is 8.01. The zero-order chi connectivity index (χ0) is 21.2. The lowest BCUT2D eigenvalue weighted by Gasteiger charge is -2.39. The van der Waals surface area contributed by atoms with Gasteiger partial charge in [0.15, 0.2) is 5.96 Å². The Kier molecular flexibility index (Phi) is 11.6. The normalized spacial score (nSPS) is 18.6. The number of hydrogen-bond donors (Lipinski definition) is 1. The number of carbonyl (C=O) groups is 1. The number of halogens is 1. The Labute approximate surface area is 204 Å². The molecule has 7 nitrogen and oxygen atoms in total. The fourth-order valence-corrected chi connectivity index (χ4v) is 4.09. The standard InChI is InChI=1S/C23H37N5O2.HI/c1-3-24-23(25-11-18-30-19-21-9-5-4-6-10-21)28-16-14-26(15-17-28)20(2)22(29)27-12-7-8-13-27;/h4-6,9-10,20H,3,7-8,11-19H2,1-2H3,(H,24,25);1H. The molecule has 3 rings (SSSR count). The van der Waals surface area contributed by atoms with Crippen LogP contribution in [0.1, 0.15) is 32.3 Å². The number of carbonyl (C=O) groups excluding carboxylic acids is 1. The van der Waals surface area contributed by atoms with Crippen LogP contribution >= 0.6 is 24.0 Å². The fourth-order valence-electron chi connectivity index (χ4n) is 4.09. The second kappa shape index (κ2) is 13.9. The Hall–Kier alpha value is -1.39. The molecule has 2 heterocycles. The predicted octanol–water partition coefficient (Wildman–Crippen LogP) is 2.42. The highest BCUT2D eigenvalue weighted by atomic mass is 127. The molecule has 2 saturated heterocycles. The van der Waals surface area contributed by atoms with Crippen molar-refractivity contribution < 1.29 is 9.53 Å². The predicted molar refractivity (Wildman–Crippen MR) is 136 cm³/mol. The summed E-state index contributed by atoms with van der Waals surface area (Å²) >= 11 is 0. The third-order valence-corrected chi connectivity index (χ3v) is 5.88. The molecule has 0 spiro atoms. The first kappa shape index (κ1) is 25.9. The van der Waals surface area contributed by atoms with Crippen LogP contribution in [-0.2, 0) is 16.1 Å². The molecule has 1 N–H and O–H groups in total. The Morgan fingerprint density at radius 3 is 2.39 bits per heavy atom. The summed E-state index contributed by atoms with van der Waals surface area (Å²) < 4.78 is 5.76. The first-order chi connectivity index (χ1) is 14.7. The first-order valence-corrected chi connectivity index (χ1v) is 11.4. The van der Waals surface area contributed by atoms with E-state index in [4.69, 9.17) is 9.73 Å². The van der Waals surface area contributed by atoms with Gasteiger partial charge in [0.25, 0.3) is 0 Å². The van der Waals surface area contributed by atoms with Gasteiger partial charge in [0.2, 0.25) is 5.91 Å². The van der Waals surface area contributed by atoms with Crippen molar-refractivity contribution in [2.45, 2.75) is 39.3 Å². The molecule has 2 fully saturated rings. The van der Waals surface area contributed by atoms with Gasteiger partial charge in [-0.05, 0) is 32.3 Å². The number of hydrogen-bond acceptors (Lipinski definition) is 4. The number of guanidine groups is 1. The molecular formula is C23H38IN5O2. The second-order valence-electron chi connectivity index (χ2n) is 8.01. The van der Waals surface area contributed by atoms with Gasteiger partial charge >= 0.3 is 0 Å². The van der Waals surface area contributed by atoms with Gasteiger partial charge in [-0.1, -0.05) is 30.3 Å². The summed E-state index contributed by atoms with van der Waals surface area (Å²) in [7, 11) is 0. The number of likely N-dealkylation sites (tertiary alicyclic amines) is 1. The third-order valence-electron chi connectivity index (χ3n) is 5.88. The Bertz CT molecular complexity index is 674. The fraction of sp³-hybridized carbons (Fsp3) is 0.652. The summed E-state index contributed by atoms with van der Waals surface area (Å²) in [5, 5.41) is 3.40. The van der Waals surface area contributed by atoms with Gasteiger partial charge in [0.05, 0.1) is 25.8 Å². The number of ether oxygens (including phenoxy) is 1. The minimum Gasteiger partial charge on any atom is -0.375 e. The van der Waals surface area contributed by atoms with Crippen molar-refractivity contribution in [2.24, 2.45) is 4.99 Å². The SMILES string of the molecule is CCNC(=NCCOCc1ccccc1)N1CCN(C(C)C(=O)N2CCCC2)CC1.I. The number of aliphatic imine (C=N–C) groups is 1. The van der Waals surface area contributed by atoms with Crippen molar-refractivity contribution in [1.29, 1.82) is 0 Å². The number of benzene rings is 1. The summed E-state index contributed by atoms with van der Waals surface area (Å²) in [6.45, 7) is 12.2. The molecule has 0 saturated carbocycles. The molecule has 2 aliphatic rings.